The van der Waals surface area contributed by atoms with Gasteiger partial charge in [0, 0.05) is 19.1 Å². The van der Waals surface area contributed by atoms with Gasteiger partial charge in [-0.15, -0.1) is 0 Å². The van der Waals surface area contributed by atoms with Crippen molar-refractivity contribution in [3.63, 3.8) is 0 Å². The first-order chi connectivity index (χ1) is 7.18. The Morgan fingerprint density at radius 3 is 2.47 bits per heavy atom. The number of halogens is 1. The molecular formula is C9H13ClN4S. The highest BCUT2D eigenvalue weighted by Crippen LogP contribution is 2.49. The molecular weight excluding hydrogens is 232 g/mol. The van der Waals surface area contributed by atoms with Crippen molar-refractivity contribution >= 4 is 29.1 Å². The van der Waals surface area contributed by atoms with Gasteiger partial charge in [0.05, 0.1) is 11.7 Å². The maximum Gasteiger partial charge on any atom is 0.187 e. The predicted molar refractivity (Wildman–Crippen MR) is 61.6 cm³/mol. The molecule has 0 spiro atoms. The molecule has 1 saturated carbocycles. The number of piperidine rings is 1. The van der Waals surface area contributed by atoms with E-state index in [4.69, 9.17) is 11.6 Å². The van der Waals surface area contributed by atoms with Crippen LogP contribution in [0.1, 0.15) is 0 Å². The molecule has 15 heavy (non-hydrogen) atoms. The predicted octanol–water partition coefficient (Wildman–Crippen LogP) is 1.19. The van der Waals surface area contributed by atoms with Crippen molar-refractivity contribution < 1.29 is 0 Å². The molecule has 0 bridgehead atoms. The van der Waals surface area contributed by atoms with Crippen LogP contribution >= 0.6 is 23.3 Å². The van der Waals surface area contributed by atoms with Crippen molar-refractivity contribution in [2.75, 3.05) is 32.1 Å². The minimum Gasteiger partial charge on any atom is -0.352 e. The maximum absolute atomic E-state index is 5.97. The normalized spacial score (nSPS) is 33.6. The molecule has 2 aliphatic rings. The highest BCUT2D eigenvalue weighted by molar-refractivity contribution is 6.99. The Balaban J connectivity index is 1.69. The van der Waals surface area contributed by atoms with Crippen LogP contribution in [-0.2, 0) is 0 Å². The van der Waals surface area contributed by atoms with Gasteiger partial charge in [0.1, 0.15) is 0 Å². The Morgan fingerprint density at radius 1 is 1.33 bits per heavy atom. The largest absolute Gasteiger partial charge is 0.352 e. The van der Waals surface area contributed by atoms with Crippen molar-refractivity contribution in [2.45, 2.75) is 6.04 Å². The van der Waals surface area contributed by atoms with Gasteiger partial charge in [-0.1, -0.05) is 11.6 Å². The molecule has 6 heteroatoms. The third kappa shape index (κ3) is 1.45. The lowest BCUT2D eigenvalue weighted by Crippen LogP contribution is -2.30. The van der Waals surface area contributed by atoms with Gasteiger partial charge in [-0.2, -0.15) is 8.75 Å². The zero-order valence-corrected chi connectivity index (χ0v) is 10.3. The molecule has 0 amide bonds. The molecule has 0 aromatic carbocycles. The van der Waals surface area contributed by atoms with Crippen LogP contribution in [-0.4, -0.2) is 46.9 Å². The lowest BCUT2D eigenvalue weighted by Gasteiger charge is -2.21. The van der Waals surface area contributed by atoms with E-state index in [1.165, 1.54) is 11.7 Å². The van der Waals surface area contributed by atoms with Crippen LogP contribution < -0.4 is 4.90 Å². The third-order valence-corrected chi connectivity index (χ3v) is 4.35. The van der Waals surface area contributed by atoms with Crippen LogP contribution in [0.4, 0.5) is 5.82 Å². The Kier molecular flexibility index (Phi) is 2.16. The fraction of sp³-hybridized carbons (Fsp3) is 0.778. The van der Waals surface area contributed by atoms with E-state index >= 15 is 0 Å². The van der Waals surface area contributed by atoms with E-state index in [1.807, 2.05) is 0 Å². The van der Waals surface area contributed by atoms with Gasteiger partial charge >= 0.3 is 0 Å². The van der Waals surface area contributed by atoms with Crippen LogP contribution in [0.15, 0.2) is 0 Å². The van der Waals surface area contributed by atoms with Crippen LogP contribution in [0.3, 0.4) is 0 Å². The molecule has 3 rings (SSSR count). The van der Waals surface area contributed by atoms with Gasteiger partial charge in [-0.05, 0) is 25.9 Å². The molecule has 2 heterocycles. The summed E-state index contributed by atoms with van der Waals surface area (Å²) in [6.45, 7) is 2.16. The van der Waals surface area contributed by atoms with Crippen LogP contribution in [0.25, 0.3) is 0 Å². The summed E-state index contributed by atoms with van der Waals surface area (Å²) >= 11 is 7.16. The Morgan fingerprint density at radius 2 is 2.00 bits per heavy atom. The SMILES string of the molecule is CN(C)C1C2CN(c3nsnc3Cl)CC21. The molecule has 2 atom stereocenters. The van der Waals surface area contributed by atoms with Gasteiger partial charge in [0.2, 0.25) is 0 Å². The second-order valence-corrected chi connectivity index (χ2v) is 5.45. The molecule has 1 saturated heterocycles. The summed E-state index contributed by atoms with van der Waals surface area (Å²) in [5, 5.41) is 0.558. The summed E-state index contributed by atoms with van der Waals surface area (Å²) in [7, 11) is 4.31. The lowest BCUT2D eigenvalue weighted by atomic mass is 10.3. The Bertz CT molecular complexity index is 368. The molecule has 1 aromatic rings. The summed E-state index contributed by atoms with van der Waals surface area (Å²) in [5.41, 5.74) is 0. The summed E-state index contributed by atoms with van der Waals surface area (Å²) in [4.78, 5) is 4.59. The van der Waals surface area contributed by atoms with Gasteiger partial charge in [-0.25, -0.2) is 0 Å². The van der Waals surface area contributed by atoms with Crippen molar-refractivity contribution in [2.24, 2.45) is 11.8 Å². The van der Waals surface area contributed by atoms with Gasteiger partial charge in [0.15, 0.2) is 11.0 Å². The van der Waals surface area contributed by atoms with Gasteiger partial charge < -0.3 is 9.80 Å². The smallest absolute Gasteiger partial charge is 0.187 e. The third-order valence-electron chi connectivity index (χ3n) is 3.48. The number of hydrogen-bond donors (Lipinski definition) is 0. The summed E-state index contributed by atoms with van der Waals surface area (Å²) in [5.74, 6) is 2.49. The molecule has 1 aliphatic heterocycles. The second-order valence-electron chi connectivity index (χ2n) is 4.57. The quantitative estimate of drug-likeness (QED) is 0.782. The van der Waals surface area contributed by atoms with Gasteiger partial charge in [-0.3, -0.25) is 0 Å². The number of aromatic nitrogens is 2. The minimum absolute atomic E-state index is 0.558. The van der Waals surface area contributed by atoms with Crippen LogP contribution in [0.5, 0.6) is 0 Å². The molecule has 2 fully saturated rings. The maximum atomic E-state index is 5.97. The molecule has 4 nitrogen and oxygen atoms in total. The van der Waals surface area contributed by atoms with Crippen LogP contribution in [0.2, 0.25) is 5.15 Å². The summed E-state index contributed by atoms with van der Waals surface area (Å²) in [6, 6.07) is 0.770. The van der Waals surface area contributed by atoms with E-state index in [0.717, 1.165) is 36.8 Å². The number of hydrogen-bond acceptors (Lipinski definition) is 5. The minimum atomic E-state index is 0.558. The van der Waals surface area contributed by atoms with E-state index in [0.29, 0.717) is 5.15 Å². The highest BCUT2D eigenvalue weighted by atomic mass is 35.5. The highest BCUT2D eigenvalue weighted by Gasteiger charge is 2.57. The topological polar surface area (TPSA) is 32.3 Å². The van der Waals surface area contributed by atoms with Crippen molar-refractivity contribution in [1.29, 1.82) is 0 Å². The molecule has 0 N–H and O–H groups in total. The van der Waals surface area contributed by atoms with Crippen molar-refractivity contribution in [1.82, 2.24) is 13.6 Å². The average molecular weight is 245 g/mol. The number of fused-ring (bicyclic) bond motifs is 1. The van der Waals surface area contributed by atoms with Gasteiger partial charge in [0.25, 0.3) is 0 Å². The molecule has 2 unspecified atom stereocenters. The molecule has 82 valence electrons. The summed E-state index contributed by atoms with van der Waals surface area (Å²) < 4.78 is 8.23. The number of rotatable bonds is 2. The number of anilines is 1. The zero-order chi connectivity index (χ0) is 10.6. The fourth-order valence-electron chi connectivity index (χ4n) is 2.80. The molecule has 1 aromatic heterocycles. The standard InChI is InChI=1S/C9H13ClN4S/c1-13(2)7-5-3-14(4-6(5)7)9-8(10)11-15-12-9/h5-7H,3-4H2,1-2H3. The molecule has 0 radical (unpaired) electrons. The molecule has 1 aliphatic carbocycles. The fourth-order valence-corrected chi connectivity index (χ4v) is 3.57. The van der Waals surface area contributed by atoms with Crippen molar-refractivity contribution in [3.8, 4) is 0 Å². The monoisotopic (exact) mass is 244 g/mol. The second kappa shape index (κ2) is 3.30. The summed E-state index contributed by atoms with van der Waals surface area (Å²) in [6.07, 6.45) is 0. The van der Waals surface area contributed by atoms with E-state index in [-0.39, 0.29) is 0 Å². The Labute approximate surface area is 98.2 Å². The first kappa shape index (κ1) is 9.81. The van der Waals surface area contributed by atoms with E-state index < -0.39 is 0 Å². The lowest BCUT2D eigenvalue weighted by molar-refractivity contribution is 0.356. The zero-order valence-electron chi connectivity index (χ0n) is 8.72. The van der Waals surface area contributed by atoms with E-state index in [9.17, 15) is 0 Å². The first-order valence-corrected chi connectivity index (χ1v) is 6.18. The van der Waals surface area contributed by atoms with Crippen molar-refractivity contribution in [3.05, 3.63) is 5.15 Å². The number of nitrogens with zero attached hydrogens (tertiary/aromatic N) is 4. The van der Waals surface area contributed by atoms with Crippen LogP contribution in [0, 0.1) is 11.8 Å². The van der Waals surface area contributed by atoms with E-state index in [1.54, 1.807) is 0 Å². The first-order valence-electron chi connectivity index (χ1n) is 5.08. The Hall–Kier alpha value is -0.390. The average Bonchev–Trinajstić information content (AvgIpc) is 2.59. The van der Waals surface area contributed by atoms with E-state index in [2.05, 4.69) is 32.6 Å².